The Bertz CT molecular complexity index is 1890. The molecule has 0 radical (unpaired) electrons. The van der Waals surface area contributed by atoms with E-state index in [1.54, 1.807) is 0 Å². The molecule has 17 nitrogen and oxygen atoms in total. The molecular formula is C46H66N10O7. The van der Waals surface area contributed by atoms with Gasteiger partial charge >= 0.3 is 0 Å². The van der Waals surface area contributed by atoms with Crippen molar-refractivity contribution >= 4 is 47.3 Å². The molecule has 0 aromatic heterocycles. The Labute approximate surface area is 370 Å². The van der Waals surface area contributed by atoms with Crippen LogP contribution in [0.5, 0.6) is 0 Å². The molecule has 3 aliphatic rings. The van der Waals surface area contributed by atoms with E-state index in [0.717, 1.165) is 43.2 Å². The van der Waals surface area contributed by atoms with Gasteiger partial charge in [-0.05, 0) is 74.8 Å². The van der Waals surface area contributed by atoms with Crippen molar-refractivity contribution < 1.29 is 33.6 Å². The van der Waals surface area contributed by atoms with Gasteiger partial charge in [0.1, 0.15) is 36.3 Å². The van der Waals surface area contributed by atoms with E-state index in [2.05, 4.69) is 36.9 Å². The normalized spacial score (nSPS) is 23.7. The highest BCUT2D eigenvalue weighted by Gasteiger charge is 2.40. The zero-order valence-electron chi connectivity index (χ0n) is 36.4. The van der Waals surface area contributed by atoms with Crippen molar-refractivity contribution in [3.63, 3.8) is 0 Å². The fourth-order valence-electron chi connectivity index (χ4n) is 8.78. The van der Waals surface area contributed by atoms with Crippen molar-refractivity contribution in [2.45, 2.75) is 139 Å². The second kappa shape index (κ2) is 24.6. The molecule has 2 saturated heterocycles. The summed E-state index contributed by atoms with van der Waals surface area (Å²) < 4.78 is 0. The number of nitrogens with zero attached hydrogens (tertiary/aromatic N) is 2. The smallest absolute Gasteiger partial charge is 0.245 e. The van der Waals surface area contributed by atoms with E-state index in [1.165, 1.54) is 11.8 Å². The number of rotatable bonds is 14. The maximum absolute atomic E-state index is 14.5. The van der Waals surface area contributed by atoms with Gasteiger partial charge in [0.05, 0.1) is 0 Å². The molecule has 342 valence electrons. The number of carbonyl (C=O) groups is 7. The van der Waals surface area contributed by atoms with Gasteiger partial charge in [-0.3, -0.25) is 38.6 Å². The SMILES string of the molecule is CC(=O)N[C@@H](Cc1ccccc1)C(=O)N[C@H]1CCCNC(=O)C(CCCN=C(N)N)NC(=O)C(CCc2ccccc2)NC(=O)[C@@H](CC2CCCCC2)NC(=O)C2CCCN2C1=O. The average Bonchev–Trinajstić information content (AvgIpc) is 3.77. The molecule has 63 heavy (non-hydrogen) atoms. The van der Waals surface area contributed by atoms with Crippen molar-refractivity contribution in [3.8, 4) is 0 Å². The minimum absolute atomic E-state index is 0.0822. The van der Waals surface area contributed by atoms with Crippen LogP contribution >= 0.6 is 0 Å². The predicted molar refractivity (Wildman–Crippen MR) is 238 cm³/mol. The van der Waals surface area contributed by atoms with Crippen molar-refractivity contribution in [1.82, 2.24) is 36.8 Å². The lowest BCUT2D eigenvalue weighted by Crippen LogP contribution is -2.60. The summed E-state index contributed by atoms with van der Waals surface area (Å²) >= 11 is 0. The first-order valence-corrected chi connectivity index (χ1v) is 22.6. The third kappa shape index (κ3) is 15.4. The highest BCUT2D eigenvalue weighted by Crippen LogP contribution is 2.28. The van der Waals surface area contributed by atoms with Crippen LogP contribution in [0.1, 0.15) is 102 Å². The lowest BCUT2D eigenvalue weighted by molar-refractivity contribution is -0.143. The Morgan fingerprint density at radius 3 is 2.05 bits per heavy atom. The molecule has 3 unspecified atom stereocenters. The van der Waals surface area contributed by atoms with Crippen molar-refractivity contribution in [1.29, 1.82) is 0 Å². The number of guanidine groups is 1. The summed E-state index contributed by atoms with van der Waals surface area (Å²) in [6.07, 6.45) is 7.83. The lowest BCUT2D eigenvalue weighted by Gasteiger charge is -2.32. The molecule has 2 aliphatic heterocycles. The van der Waals surface area contributed by atoms with Crippen LogP contribution in [0, 0.1) is 5.92 Å². The number of carbonyl (C=O) groups excluding carboxylic acids is 7. The molecule has 2 heterocycles. The number of fused-ring (bicyclic) bond motifs is 1. The summed E-state index contributed by atoms with van der Waals surface area (Å²) in [4.78, 5) is 103. The summed E-state index contributed by atoms with van der Waals surface area (Å²) in [6, 6.07) is 12.6. The molecule has 1 saturated carbocycles. The minimum Gasteiger partial charge on any atom is -0.370 e. The third-order valence-corrected chi connectivity index (χ3v) is 12.1. The molecule has 2 aromatic carbocycles. The number of nitrogens with one attached hydrogen (secondary N) is 6. The van der Waals surface area contributed by atoms with Crippen LogP contribution in [0.2, 0.25) is 0 Å². The largest absolute Gasteiger partial charge is 0.370 e. The first-order valence-electron chi connectivity index (χ1n) is 22.6. The zero-order chi connectivity index (χ0) is 45.1. The number of aryl methyl sites for hydroxylation is 1. The highest BCUT2D eigenvalue weighted by molar-refractivity contribution is 5.97. The topological polar surface area (TPSA) is 259 Å². The first kappa shape index (κ1) is 48.0. The molecule has 2 aromatic rings. The number of hydrogen-bond donors (Lipinski definition) is 8. The molecular weight excluding hydrogens is 805 g/mol. The van der Waals surface area contributed by atoms with Gasteiger partial charge < -0.3 is 48.3 Å². The quantitative estimate of drug-likeness (QED) is 0.0771. The standard InChI is InChI=1S/C46H66N10O7/c1-30(57)51-37(28-32-16-7-3-8-17-32)42(60)54-36-21-12-25-49-40(58)34(20-11-26-50-46(47)48)52-41(59)35(24-23-31-14-5-2-6-15-31)53-43(61)38(29-33-18-9-4-10-19-33)55-44(62)39-22-13-27-56(39)45(36)63/h2-3,5-8,14-17,33-39H,4,9-13,18-29H2,1H3,(H,49,58)(H,51,57)(H,52,59)(H,53,61)(H,54,60)(H,55,62)(H4,47,48,50)/t34?,35?,36-,37-,38+,39?/m0/s1. The van der Waals surface area contributed by atoms with Crippen LogP contribution in [0.15, 0.2) is 65.7 Å². The van der Waals surface area contributed by atoms with E-state index >= 15 is 0 Å². The van der Waals surface area contributed by atoms with Gasteiger partial charge in [0.15, 0.2) is 5.96 Å². The monoisotopic (exact) mass is 871 g/mol. The maximum Gasteiger partial charge on any atom is 0.245 e. The zero-order valence-corrected chi connectivity index (χ0v) is 36.4. The van der Waals surface area contributed by atoms with Crippen LogP contribution in [0.3, 0.4) is 0 Å². The van der Waals surface area contributed by atoms with E-state index in [-0.39, 0.29) is 63.6 Å². The number of nitrogens with two attached hydrogens (primary N) is 2. The molecule has 0 bridgehead atoms. The Balaban J connectivity index is 1.45. The summed E-state index contributed by atoms with van der Waals surface area (Å²) in [6.45, 7) is 1.86. The van der Waals surface area contributed by atoms with Gasteiger partial charge in [0.25, 0.3) is 0 Å². The Kier molecular flexibility index (Phi) is 18.8. The van der Waals surface area contributed by atoms with Crippen molar-refractivity contribution in [3.05, 3.63) is 71.8 Å². The van der Waals surface area contributed by atoms with Gasteiger partial charge in [-0.15, -0.1) is 0 Å². The molecule has 5 rings (SSSR count). The van der Waals surface area contributed by atoms with Crippen LogP contribution < -0.4 is 43.4 Å². The lowest BCUT2D eigenvalue weighted by atomic mass is 9.84. The maximum atomic E-state index is 14.5. The molecule has 3 fully saturated rings. The van der Waals surface area contributed by atoms with E-state index < -0.39 is 77.6 Å². The van der Waals surface area contributed by atoms with Gasteiger partial charge in [-0.2, -0.15) is 0 Å². The first-order chi connectivity index (χ1) is 30.4. The summed E-state index contributed by atoms with van der Waals surface area (Å²) in [7, 11) is 0. The average molecular weight is 871 g/mol. The van der Waals surface area contributed by atoms with E-state index in [9.17, 15) is 33.6 Å². The molecule has 17 heteroatoms. The van der Waals surface area contributed by atoms with Crippen LogP contribution in [-0.2, 0) is 46.4 Å². The highest BCUT2D eigenvalue weighted by atomic mass is 16.2. The number of aliphatic imine (C=N–C) groups is 1. The van der Waals surface area contributed by atoms with E-state index in [0.29, 0.717) is 32.1 Å². The second-order valence-corrected chi connectivity index (χ2v) is 17.0. The predicted octanol–water partition coefficient (Wildman–Crippen LogP) is 1.23. The number of amides is 7. The molecule has 1 aliphatic carbocycles. The second-order valence-electron chi connectivity index (χ2n) is 17.0. The summed E-state index contributed by atoms with van der Waals surface area (Å²) in [5.41, 5.74) is 12.8. The summed E-state index contributed by atoms with van der Waals surface area (Å²) in [5, 5.41) is 17.3. The Morgan fingerprint density at radius 1 is 0.746 bits per heavy atom. The van der Waals surface area contributed by atoms with Gasteiger partial charge in [-0.1, -0.05) is 92.8 Å². The van der Waals surface area contributed by atoms with Crippen LogP contribution in [0.25, 0.3) is 0 Å². The van der Waals surface area contributed by atoms with Gasteiger partial charge in [0, 0.05) is 33.0 Å². The van der Waals surface area contributed by atoms with Gasteiger partial charge in [-0.25, -0.2) is 0 Å². The minimum atomic E-state index is -1.12. The van der Waals surface area contributed by atoms with Crippen LogP contribution in [0.4, 0.5) is 0 Å². The van der Waals surface area contributed by atoms with E-state index in [1.807, 2.05) is 60.7 Å². The van der Waals surface area contributed by atoms with Crippen molar-refractivity contribution in [2.24, 2.45) is 22.4 Å². The molecule has 10 N–H and O–H groups in total. The van der Waals surface area contributed by atoms with Gasteiger partial charge in [0.2, 0.25) is 41.4 Å². The van der Waals surface area contributed by atoms with Crippen molar-refractivity contribution in [2.75, 3.05) is 19.6 Å². The molecule has 0 spiro atoms. The van der Waals surface area contributed by atoms with E-state index in [4.69, 9.17) is 11.5 Å². The number of benzene rings is 2. The third-order valence-electron chi connectivity index (χ3n) is 12.1. The van der Waals surface area contributed by atoms with Crippen LogP contribution in [-0.4, -0.2) is 108 Å². The summed E-state index contributed by atoms with van der Waals surface area (Å²) in [5.74, 6) is -3.46. The Hall–Kier alpha value is -6.00. The fraction of sp³-hybridized carbons (Fsp3) is 0.565. The molecule has 6 atom stereocenters. The fourth-order valence-corrected chi connectivity index (χ4v) is 8.78. The number of hydrogen-bond acceptors (Lipinski definition) is 8. The molecule has 7 amide bonds. The Morgan fingerprint density at radius 2 is 1.38 bits per heavy atom.